The third kappa shape index (κ3) is 3.91. The lowest BCUT2D eigenvalue weighted by Gasteiger charge is -2.32. The number of hydrogen-bond acceptors (Lipinski definition) is 8. The monoisotopic (exact) mass is 445 g/mol. The van der Waals surface area contributed by atoms with Crippen LogP contribution in [0, 0.1) is 0 Å². The SMILES string of the molecule is COc1ccc(-c2nc(N3CCN(C)CC3)nc3nn(-c4ccc(OC)cc4)c(N)c23)cc1. The summed E-state index contributed by atoms with van der Waals surface area (Å²) in [5.74, 6) is 2.71. The molecule has 1 aliphatic heterocycles. The summed E-state index contributed by atoms with van der Waals surface area (Å²) in [6.45, 7) is 3.64. The van der Waals surface area contributed by atoms with Crippen molar-refractivity contribution in [3.8, 4) is 28.4 Å². The summed E-state index contributed by atoms with van der Waals surface area (Å²) in [4.78, 5) is 14.3. The van der Waals surface area contributed by atoms with E-state index >= 15 is 0 Å². The molecule has 2 aromatic heterocycles. The summed E-state index contributed by atoms with van der Waals surface area (Å²) in [6, 6.07) is 15.4. The van der Waals surface area contributed by atoms with Gasteiger partial charge in [-0.2, -0.15) is 4.98 Å². The molecule has 1 saturated heterocycles. The predicted molar refractivity (Wildman–Crippen MR) is 129 cm³/mol. The Bertz CT molecular complexity index is 1260. The first-order chi connectivity index (χ1) is 16.1. The van der Waals surface area contributed by atoms with Gasteiger partial charge in [0.1, 0.15) is 17.3 Å². The highest BCUT2D eigenvalue weighted by Crippen LogP contribution is 2.34. The van der Waals surface area contributed by atoms with E-state index in [-0.39, 0.29) is 0 Å². The number of fused-ring (bicyclic) bond motifs is 1. The summed E-state index contributed by atoms with van der Waals surface area (Å²) in [7, 11) is 5.42. The van der Waals surface area contributed by atoms with E-state index in [0.29, 0.717) is 17.4 Å². The summed E-state index contributed by atoms with van der Waals surface area (Å²) < 4.78 is 12.3. The van der Waals surface area contributed by atoms with Crippen LogP contribution in [0.25, 0.3) is 28.0 Å². The van der Waals surface area contributed by atoms with Crippen molar-refractivity contribution in [2.75, 3.05) is 58.1 Å². The van der Waals surface area contributed by atoms with Gasteiger partial charge >= 0.3 is 0 Å². The fourth-order valence-corrected chi connectivity index (χ4v) is 4.03. The first-order valence-corrected chi connectivity index (χ1v) is 10.9. The minimum Gasteiger partial charge on any atom is -0.497 e. The molecule has 0 radical (unpaired) electrons. The van der Waals surface area contributed by atoms with Crippen molar-refractivity contribution in [3.63, 3.8) is 0 Å². The quantitative estimate of drug-likeness (QED) is 0.501. The summed E-state index contributed by atoms with van der Waals surface area (Å²) in [6.07, 6.45) is 0. The number of nitrogens with zero attached hydrogens (tertiary/aromatic N) is 6. The molecule has 4 aromatic rings. The van der Waals surface area contributed by atoms with Crippen LogP contribution in [0.5, 0.6) is 11.5 Å². The summed E-state index contributed by atoms with van der Waals surface area (Å²) >= 11 is 0. The van der Waals surface area contributed by atoms with Crippen LogP contribution in [0.1, 0.15) is 0 Å². The van der Waals surface area contributed by atoms with E-state index in [2.05, 4.69) is 16.8 Å². The van der Waals surface area contributed by atoms with Gasteiger partial charge in [0.15, 0.2) is 5.65 Å². The van der Waals surface area contributed by atoms with Crippen LogP contribution in [0.15, 0.2) is 48.5 Å². The summed E-state index contributed by atoms with van der Waals surface area (Å²) in [5, 5.41) is 5.50. The zero-order chi connectivity index (χ0) is 22.9. The second-order valence-corrected chi connectivity index (χ2v) is 8.08. The fourth-order valence-electron chi connectivity index (χ4n) is 4.03. The Kier molecular flexibility index (Phi) is 5.47. The zero-order valence-electron chi connectivity index (χ0n) is 19.0. The Morgan fingerprint density at radius 2 is 1.42 bits per heavy atom. The van der Waals surface area contributed by atoms with Crippen molar-refractivity contribution >= 4 is 22.8 Å². The van der Waals surface area contributed by atoms with E-state index in [1.54, 1.807) is 18.9 Å². The molecule has 1 fully saturated rings. The number of benzene rings is 2. The van der Waals surface area contributed by atoms with Gasteiger partial charge in [-0.05, 0) is 55.6 Å². The molecule has 33 heavy (non-hydrogen) atoms. The van der Waals surface area contributed by atoms with Crippen LogP contribution in [-0.2, 0) is 0 Å². The van der Waals surface area contributed by atoms with Crippen LogP contribution in [0.3, 0.4) is 0 Å². The summed E-state index contributed by atoms with van der Waals surface area (Å²) in [5.41, 5.74) is 9.71. The second kappa shape index (κ2) is 8.59. The minimum atomic E-state index is 0.492. The second-order valence-electron chi connectivity index (χ2n) is 8.08. The lowest BCUT2D eigenvalue weighted by molar-refractivity contribution is 0.311. The maximum absolute atomic E-state index is 6.63. The van der Waals surface area contributed by atoms with E-state index in [1.165, 1.54) is 0 Å². The largest absolute Gasteiger partial charge is 0.497 e. The highest BCUT2D eigenvalue weighted by Gasteiger charge is 2.23. The van der Waals surface area contributed by atoms with E-state index in [4.69, 9.17) is 30.3 Å². The number of anilines is 2. The lowest BCUT2D eigenvalue weighted by Crippen LogP contribution is -2.45. The first-order valence-electron chi connectivity index (χ1n) is 10.9. The van der Waals surface area contributed by atoms with E-state index < -0.39 is 0 Å². The van der Waals surface area contributed by atoms with Crippen molar-refractivity contribution in [3.05, 3.63) is 48.5 Å². The molecule has 2 N–H and O–H groups in total. The number of hydrogen-bond donors (Lipinski definition) is 1. The number of nitrogens with two attached hydrogens (primary N) is 1. The number of methoxy groups -OCH3 is 2. The molecule has 9 nitrogen and oxygen atoms in total. The normalized spacial score (nSPS) is 14.6. The van der Waals surface area contributed by atoms with Gasteiger partial charge in [0.25, 0.3) is 0 Å². The molecule has 170 valence electrons. The van der Waals surface area contributed by atoms with Crippen LogP contribution < -0.4 is 20.1 Å². The molecule has 0 unspecified atom stereocenters. The van der Waals surface area contributed by atoms with Crippen molar-refractivity contribution in [2.45, 2.75) is 0 Å². The van der Waals surface area contributed by atoms with Gasteiger partial charge < -0.3 is 25.0 Å². The smallest absolute Gasteiger partial charge is 0.228 e. The van der Waals surface area contributed by atoms with Crippen molar-refractivity contribution in [2.24, 2.45) is 0 Å². The number of aromatic nitrogens is 4. The van der Waals surface area contributed by atoms with Crippen molar-refractivity contribution in [1.82, 2.24) is 24.6 Å². The molecule has 0 spiro atoms. The third-order valence-electron chi connectivity index (χ3n) is 6.02. The average Bonchev–Trinajstić information content (AvgIpc) is 3.20. The standard InChI is InChI=1S/C24H27N7O2/c1-29-12-14-30(15-13-29)24-26-21(16-4-8-18(32-2)9-5-16)20-22(25)31(28-23(20)27-24)17-6-10-19(33-3)11-7-17/h4-11H,12-15,25H2,1-3H3. The topological polar surface area (TPSA) is 94.6 Å². The Labute approximate surface area is 192 Å². The Balaban J connectivity index is 1.67. The van der Waals surface area contributed by atoms with Gasteiger partial charge in [-0.3, -0.25) is 0 Å². The van der Waals surface area contributed by atoms with Gasteiger partial charge in [0.05, 0.1) is 31.0 Å². The Hall–Kier alpha value is -3.85. The van der Waals surface area contributed by atoms with E-state index in [1.807, 2.05) is 48.5 Å². The van der Waals surface area contributed by atoms with Gasteiger partial charge in [0.2, 0.25) is 5.95 Å². The van der Waals surface area contributed by atoms with Gasteiger partial charge in [-0.1, -0.05) is 0 Å². The molecule has 1 aliphatic rings. The molecule has 0 aliphatic carbocycles. The molecule has 0 saturated carbocycles. The van der Waals surface area contributed by atoms with Gasteiger partial charge in [0, 0.05) is 31.7 Å². The van der Waals surface area contributed by atoms with E-state index in [9.17, 15) is 0 Å². The van der Waals surface area contributed by atoms with E-state index in [0.717, 1.165) is 60.0 Å². The van der Waals surface area contributed by atoms with Crippen molar-refractivity contribution < 1.29 is 9.47 Å². The maximum atomic E-state index is 6.63. The Morgan fingerprint density at radius 3 is 2.03 bits per heavy atom. The molecule has 0 bridgehead atoms. The number of rotatable bonds is 5. The number of nitrogen functional groups attached to an aromatic ring is 1. The van der Waals surface area contributed by atoms with Gasteiger partial charge in [-0.15, -0.1) is 5.10 Å². The first kappa shape index (κ1) is 21.0. The van der Waals surface area contributed by atoms with Gasteiger partial charge in [-0.25, -0.2) is 9.67 Å². The lowest BCUT2D eigenvalue weighted by atomic mass is 10.1. The average molecular weight is 446 g/mol. The van der Waals surface area contributed by atoms with Crippen LogP contribution in [0.4, 0.5) is 11.8 Å². The number of likely N-dealkylation sites (N-methyl/N-ethyl adjacent to an activating group) is 1. The number of ether oxygens (including phenoxy) is 2. The van der Waals surface area contributed by atoms with Crippen LogP contribution in [-0.4, -0.2) is 72.1 Å². The maximum Gasteiger partial charge on any atom is 0.228 e. The molecule has 5 rings (SSSR count). The molecular formula is C24H27N7O2. The molecule has 3 heterocycles. The van der Waals surface area contributed by atoms with Crippen LogP contribution >= 0.6 is 0 Å². The fraction of sp³-hybridized carbons (Fsp3) is 0.292. The predicted octanol–water partition coefficient (Wildman–Crippen LogP) is 2.83. The molecule has 2 aromatic carbocycles. The molecule has 9 heteroatoms. The Morgan fingerprint density at radius 1 is 0.818 bits per heavy atom. The third-order valence-corrected chi connectivity index (χ3v) is 6.02. The van der Waals surface area contributed by atoms with Crippen LogP contribution in [0.2, 0.25) is 0 Å². The number of piperazine rings is 1. The zero-order valence-corrected chi connectivity index (χ0v) is 19.0. The molecule has 0 atom stereocenters. The highest BCUT2D eigenvalue weighted by molar-refractivity contribution is 5.99. The van der Waals surface area contributed by atoms with Crippen molar-refractivity contribution in [1.29, 1.82) is 0 Å². The highest BCUT2D eigenvalue weighted by atomic mass is 16.5. The minimum absolute atomic E-state index is 0.492. The molecular weight excluding hydrogens is 418 g/mol. The molecule has 0 amide bonds.